The van der Waals surface area contributed by atoms with Gasteiger partial charge in [0.25, 0.3) is 0 Å². The Bertz CT molecular complexity index is 648. The summed E-state index contributed by atoms with van der Waals surface area (Å²) in [7, 11) is 0. The van der Waals surface area contributed by atoms with Gasteiger partial charge in [0.1, 0.15) is 12.0 Å². The fourth-order valence-corrected chi connectivity index (χ4v) is 3.33. The van der Waals surface area contributed by atoms with Crippen molar-refractivity contribution >= 4 is 22.6 Å². The van der Waals surface area contributed by atoms with Gasteiger partial charge in [0, 0.05) is 9.77 Å². The monoisotopic (exact) mass is 459 g/mol. The van der Waals surface area contributed by atoms with E-state index in [4.69, 9.17) is 16.4 Å². The third-order valence-corrected chi connectivity index (χ3v) is 4.89. The van der Waals surface area contributed by atoms with Gasteiger partial charge in [-0.15, -0.1) is 5.11 Å². The molecular formula is C16H26IN7O. The number of rotatable bonds is 7. The van der Waals surface area contributed by atoms with Crippen LogP contribution in [0.3, 0.4) is 0 Å². The van der Waals surface area contributed by atoms with Crippen LogP contribution in [-0.4, -0.2) is 12.5 Å². The summed E-state index contributed by atoms with van der Waals surface area (Å²) < 4.78 is 7.36. The van der Waals surface area contributed by atoms with E-state index in [0.717, 1.165) is 24.2 Å². The summed E-state index contributed by atoms with van der Waals surface area (Å²) in [4.78, 5) is 0. The Balaban J connectivity index is 2.34. The zero-order valence-electron chi connectivity index (χ0n) is 14.7. The number of nitrogens with two attached hydrogens (primary N) is 2. The molecule has 2 unspecified atom stereocenters. The first-order chi connectivity index (χ1) is 12.0. The summed E-state index contributed by atoms with van der Waals surface area (Å²) in [6.45, 7) is 6.49. The van der Waals surface area contributed by atoms with Gasteiger partial charge in [-0.05, 0) is 52.1 Å². The Morgan fingerprint density at radius 1 is 1.40 bits per heavy atom. The van der Waals surface area contributed by atoms with Crippen LogP contribution in [0.4, 0.5) is 0 Å². The SMILES string of the molecule is CCCc1cc(C(C)C)c(OC2=CNC(NN)NC2N=NN)cc1I. The number of nitrogens with zero attached hydrogens (tertiary/aromatic N) is 2. The summed E-state index contributed by atoms with van der Waals surface area (Å²) in [5.41, 5.74) is 5.08. The molecule has 0 spiro atoms. The van der Waals surface area contributed by atoms with E-state index in [1.807, 2.05) is 0 Å². The summed E-state index contributed by atoms with van der Waals surface area (Å²) in [6.07, 6.45) is 3.01. The van der Waals surface area contributed by atoms with Crippen LogP contribution >= 0.6 is 22.6 Å². The van der Waals surface area contributed by atoms with Crippen molar-refractivity contribution < 1.29 is 4.74 Å². The summed E-state index contributed by atoms with van der Waals surface area (Å²) in [6, 6.07) is 4.31. The van der Waals surface area contributed by atoms with E-state index < -0.39 is 6.17 Å². The lowest BCUT2D eigenvalue weighted by atomic mass is 9.98. The smallest absolute Gasteiger partial charge is 0.185 e. The zero-order chi connectivity index (χ0) is 18.4. The number of nitrogens with one attached hydrogen (secondary N) is 3. The Morgan fingerprint density at radius 3 is 2.76 bits per heavy atom. The third kappa shape index (κ3) is 5.03. The number of hydrazine groups is 1. The molecule has 2 atom stereocenters. The van der Waals surface area contributed by atoms with Crippen LogP contribution in [-0.2, 0) is 6.42 Å². The van der Waals surface area contributed by atoms with E-state index >= 15 is 0 Å². The largest absolute Gasteiger partial charge is 0.456 e. The molecule has 1 aliphatic heterocycles. The molecule has 138 valence electrons. The summed E-state index contributed by atoms with van der Waals surface area (Å²) in [5, 5.41) is 13.5. The third-order valence-electron chi connectivity index (χ3n) is 3.88. The minimum atomic E-state index is -0.528. The molecule has 7 N–H and O–H groups in total. The maximum atomic E-state index is 6.17. The first-order valence-corrected chi connectivity index (χ1v) is 9.36. The quantitative estimate of drug-likeness (QED) is 0.184. The maximum absolute atomic E-state index is 6.17. The average Bonchev–Trinajstić information content (AvgIpc) is 2.58. The molecule has 1 heterocycles. The number of benzene rings is 1. The molecule has 8 nitrogen and oxygen atoms in total. The van der Waals surface area contributed by atoms with Gasteiger partial charge in [0.2, 0.25) is 0 Å². The normalized spacial score (nSPS) is 20.6. The van der Waals surface area contributed by atoms with Crippen LogP contribution in [0.2, 0.25) is 0 Å². The number of aryl methyl sites for hydroxylation is 1. The molecule has 1 aromatic carbocycles. The lowest BCUT2D eigenvalue weighted by Crippen LogP contribution is -2.60. The maximum Gasteiger partial charge on any atom is 0.185 e. The van der Waals surface area contributed by atoms with E-state index in [9.17, 15) is 0 Å². The molecule has 0 saturated heterocycles. The first-order valence-electron chi connectivity index (χ1n) is 8.28. The Kier molecular flexibility index (Phi) is 7.41. The van der Waals surface area contributed by atoms with Gasteiger partial charge in [-0.1, -0.05) is 38.5 Å². The first kappa shape index (κ1) is 19.9. The number of hydrogen-bond acceptors (Lipinski definition) is 7. The van der Waals surface area contributed by atoms with Crippen molar-refractivity contribution in [1.29, 1.82) is 0 Å². The van der Waals surface area contributed by atoms with E-state index in [2.05, 4.69) is 81.9 Å². The van der Waals surface area contributed by atoms with Crippen molar-refractivity contribution in [3.05, 3.63) is 38.8 Å². The number of ether oxygens (including phenoxy) is 1. The molecule has 25 heavy (non-hydrogen) atoms. The molecule has 9 heteroatoms. The molecule has 2 rings (SSSR count). The molecule has 0 aliphatic carbocycles. The van der Waals surface area contributed by atoms with Crippen molar-refractivity contribution in [3.8, 4) is 5.75 Å². The van der Waals surface area contributed by atoms with Gasteiger partial charge in [0.15, 0.2) is 11.9 Å². The van der Waals surface area contributed by atoms with E-state index in [1.165, 1.54) is 9.13 Å². The fraction of sp³-hybridized carbons (Fsp3) is 0.500. The van der Waals surface area contributed by atoms with Gasteiger partial charge in [-0.3, -0.25) is 11.2 Å². The second-order valence-corrected chi connectivity index (χ2v) is 7.26. The lowest BCUT2D eigenvalue weighted by Gasteiger charge is -2.29. The number of halogens is 1. The topological polar surface area (TPSA) is 122 Å². The van der Waals surface area contributed by atoms with Crippen molar-refractivity contribution in [2.24, 2.45) is 22.0 Å². The molecule has 0 radical (unpaired) electrons. The zero-order valence-corrected chi connectivity index (χ0v) is 16.9. The minimum Gasteiger partial charge on any atom is -0.456 e. The molecule has 0 fully saturated rings. The molecule has 0 amide bonds. The van der Waals surface area contributed by atoms with E-state index in [1.54, 1.807) is 6.20 Å². The molecule has 0 bridgehead atoms. The van der Waals surface area contributed by atoms with Crippen LogP contribution in [0.1, 0.15) is 44.2 Å². The summed E-state index contributed by atoms with van der Waals surface area (Å²) in [5.74, 6) is 12.4. The molecule has 0 aromatic heterocycles. The molecule has 1 aromatic rings. The van der Waals surface area contributed by atoms with Crippen LogP contribution < -0.4 is 32.5 Å². The van der Waals surface area contributed by atoms with Gasteiger partial charge in [-0.25, -0.2) is 5.43 Å². The molecular weight excluding hydrogens is 433 g/mol. The van der Waals surface area contributed by atoms with Gasteiger partial charge < -0.3 is 15.9 Å². The van der Waals surface area contributed by atoms with Gasteiger partial charge in [-0.2, -0.15) is 0 Å². The molecule has 1 aliphatic rings. The predicted octanol–water partition coefficient (Wildman–Crippen LogP) is 2.18. The summed E-state index contributed by atoms with van der Waals surface area (Å²) >= 11 is 2.36. The second kappa shape index (κ2) is 9.32. The number of hydrogen-bond donors (Lipinski definition) is 5. The minimum absolute atomic E-state index is 0.334. The van der Waals surface area contributed by atoms with Gasteiger partial charge in [0.05, 0.1) is 0 Å². The highest BCUT2D eigenvalue weighted by Crippen LogP contribution is 2.33. The van der Waals surface area contributed by atoms with Crippen molar-refractivity contribution in [3.63, 3.8) is 0 Å². The Labute approximate surface area is 161 Å². The fourth-order valence-electron chi connectivity index (χ4n) is 2.62. The Hall–Kier alpha value is -1.43. The van der Waals surface area contributed by atoms with Crippen molar-refractivity contribution in [2.45, 2.75) is 52.0 Å². The van der Waals surface area contributed by atoms with Crippen molar-refractivity contribution in [1.82, 2.24) is 16.1 Å². The van der Waals surface area contributed by atoms with Crippen molar-refractivity contribution in [2.75, 3.05) is 0 Å². The molecule has 0 saturated carbocycles. The predicted molar refractivity (Wildman–Crippen MR) is 106 cm³/mol. The standard InChI is InChI=1S/C16H26IN7O/c1-4-5-10-6-11(9(2)3)13(7-12(10)17)25-14-8-20-16(22-18)21-15(14)23-24-19/h6-9,15-16,20-22H,4-5,18H2,1-3H3,(H2,19,23). The lowest BCUT2D eigenvalue weighted by molar-refractivity contribution is 0.268. The van der Waals surface area contributed by atoms with Crippen LogP contribution in [0.5, 0.6) is 5.75 Å². The highest BCUT2D eigenvalue weighted by molar-refractivity contribution is 14.1. The van der Waals surface area contributed by atoms with Crippen LogP contribution in [0.15, 0.2) is 34.4 Å². The van der Waals surface area contributed by atoms with E-state index in [0.29, 0.717) is 11.7 Å². The van der Waals surface area contributed by atoms with Crippen LogP contribution in [0, 0.1) is 3.57 Å². The Morgan fingerprint density at radius 2 is 2.16 bits per heavy atom. The average molecular weight is 459 g/mol. The van der Waals surface area contributed by atoms with Gasteiger partial charge >= 0.3 is 0 Å². The highest BCUT2D eigenvalue weighted by atomic mass is 127. The highest BCUT2D eigenvalue weighted by Gasteiger charge is 2.25. The second-order valence-electron chi connectivity index (χ2n) is 6.10. The van der Waals surface area contributed by atoms with Crippen LogP contribution in [0.25, 0.3) is 0 Å². The van der Waals surface area contributed by atoms with E-state index in [-0.39, 0.29) is 6.29 Å².